The Morgan fingerprint density at radius 1 is 0.889 bits per heavy atom. The first-order valence-corrected chi connectivity index (χ1v) is 12.1. The summed E-state index contributed by atoms with van der Waals surface area (Å²) in [5, 5.41) is 11.9. The number of carbonyl (C=O) groups excluding carboxylic acids is 1. The average Bonchev–Trinajstić information content (AvgIpc) is 2.95. The molecule has 1 aromatic heterocycles. The average molecular weight is 481 g/mol. The fraction of sp³-hybridized carbons (Fsp3) is 0.207. The number of aromatic nitrogens is 2. The molecule has 0 aliphatic carbocycles. The van der Waals surface area contributed by atoms with E-state index in [1.54, 1.807) is 7.11 Å². The Hall–Kier alpha value is -4.39. The van der Waals surface area contributed by atoms with E-state index in [1.807, 2.05) is 91.0 Å². The number of carbonyl (C=O) groups is 1. The number of nitrogens with zero attached hydrogens (tertiary/aromatic N) is 3. The summed E-state index contributed by atoms with van der Waals surface area (Å²) in [4.78, 5) is 15.3. The Morgan fingerprint density at radius 2 is 1.67 bits per heavy atom. The third-order valence-corrected chi connectivity index (χ3v) is 6.27. The van der Waals surface area contributed by atoms with Crippen LogP contribution < -0.4 is 19.7 Å². The van der Waals surface area contributed by atoms with Crippen LogP contribution in [0.15, 0.2) is 91.0 Å². The van der Waals surface area contributed by atoms with Crippen LogP contribution in [0.25, 0.3) is 11.3 Å². The number of amides is 1. The van der Waals surface area contributed by atoms with Crippen molar-refractivity contribution in [3.63, 3.8) is 0 Å². The minimum Gasteiger partial charge on any atom is -0.497 e. The van der Waals surface area contributed by atoms with Gasteiger partial charge in [0, 0.05) is 18.7 Å². The van der Waals surface area contributed by atoms with E-state index in [0.717, 1.165) is 48.0 Å². The number of para-hydroxylation sites is 3. The fourth-order valence-electron chi connectivity index (χ4n) is 4.32. The van der Waals surface area contributed by atoms with Gasteiger partial charge in [0.2, 0.25) is 5.91 Å². The molecule has 7 heteroatoms. The predicted molar refractivity (Wildman–Crippen MR) is 141 cm³/mol. The third-order valence-electron chi connectivity index (χ3n) is 6.27. The molecule has 1 aliphatic heterocycles. The molecule has 0 bridgehead atoms. The number of piperidine rings is 1. The molecule has 36 heavy (non-hydrogen) atoms. The highest BCUT2D eigenvalue weighted by atomic mass is 16.5. The molecule has 1 aliphatic rings. The van der Waals surface area contributed by atoms with Crippen molar-refractivity contribution in [1.82, 2.24) is 10.2 Å². The first-order chi connectivity index (χ1) is 17.7. The molecule has 2 heterocycles. The van der Waals surface area contributed by atoms with Gasteiger partial charge in [0.1, 0.15) is 11.5 Å². The number of methoxy groups -OCH3 is 1. The first kappa shape index (κ1) is 23.4. The van der Waals surface area contributed by atoms with Crippen molar-refractivity contribution in [2.45, 2.75) is 12.8 Å². The van der Waals surface area contributed by atoms with Crippen LogP contribution in [0.3, 0.4) is 0 Å². The normalized spacial score (nSPS) is 15.2. The fourth-order valence-corrected chi connectivity index (χ4v) is 4.32. The molecule has 4 aromatic rings. The minimum atomic E-state index is -0.161. The van der Waals surface area contributed by atoms with E-state index in [2.05, 4.69) is 20.4 Å². The zero-order valence-electron chi connectivity index (χ0n) is 20.1. The van der Waals surface area contributed by atoms with Crippen molar-refractivity contribution >= 4 is 17.4 Å². The zero-order valence-corrected chi connectivity index (χ0v) is 20.1. The summed E-state index contributed by atoms with van der Waals surface area (Å²) in [5.74, 6) is 2.73. The lowest BCUT2D eigenvalue weighted by Gasteiger charge is -2.32. The van der Waals surface area contributed by atoms with Crippen LogP contribution in [-0.2, 0) is 4.79 Å². The van der Waals surface area contributed by atoms with E-state index < -0.39 is 0 Å². The second-order valence-corrected chi connectivity index (χ2v) is 8.69. The van der Waals surface area contributed by atoms with Crippen molar-refractivity contribution in [2.24, 2.45) is 5.92 Å². The molecule has 1 fully saturated rings. The summed E-state index contributed by atoms with van der Waals surface area (Å²) in [6.07, 6.45) is 1.73. The van der Waals surface area contributed by atoms with E-state index in [4.69, 9.17) is 9.47 Å². The first-order valence-electron chi connectivity index (χ1n) is 12.1. The van der Waals surface area contributed by atoms with Gasteiger partial charge in [0.05, 0.1) is 24.4 Å². The molecule has 5 rings (SSSR count). The standard InChI is InChI=1S/C29H28N4O3/c1-35-23-15-13-21(14-16-23)25-17-18-28(32-31-25)33-19-7-8-22(20-33)29(34)30-26-11-5-6-12-27(26)36-24-9-3-2-4-10-24/h2-6,9-18,22H,7-8,19-20H2,1H3,(H,30,34). The lowest BCUT2D eigenvalue weighted by Crippen LogP contribution is -2.41. The van der Waals surface area contributed by atoms with E-state index >= 15 is 0 Å². The number of nitrogens with one attached hydrogen (secondary N) is 1. The minimum absolute atomic E-state index is 0.0216. The topological polar surface area (TPSA) is 76.6 Å². The van der Waals surface area contributed by atoms with Crippen LogP contribution in [-0.4, -0.2) is 36.3 Å². The second-order valence-electron chi connectivity index (χ2n) is 8.69. The van der Waals surface area contributed by atoms with E-state index in [1.165, 1.54) is 0 Å². The van der Waals surface area contributed by atoms with Crippen LogP contribution in [0.2, 0.25) is 0 Å². The van der Waals surface area contributed by atoms with Crippen LogP contribution in [0.4, 0.5) is 11.5 Å². The maximum absolute atomic E-state index is 13.2. The van der Waals surface area contributed by atoms with Gasteiger partial charge in [0.15, 0.2) is 11.6 Å². The summed E-state index contributed by atoms with van der Waals surface area (Å²) in [7, 11) is 1.65. The molecule has 0 radical (unpaired) electrons. The van der Waals surface area contributed by atoms with E-state index in [0.29, 0.717) is 18.0 Å². The van der Waals surface area contributed by atoms with Gasteiger partial charge in [-0.25, -0.2) is 0 Å². The van der Waals surface area contributed by atoms with E-state index in [9.17, 15) is 4.79 Å². The summed E-state index contributed by atoms with van der Waals surface area (Å²) in [5.41, 5.74) is 2.43. The molecule has 1 amide bonds. The Morgan fingerprint density at radius 3 is 2.42 bits per heavy atom. The monoisotopic (exact) mass is 480 g/mol. The van der Waals surface area contributed by atoms with Crippen molar-refractivity contribution in [3.05, 3.63) is 91.0 Å². The maximum Gasteiger partial charge on any atom is 0.229 e. The SMILES string of the molecule is COc1ccc(-c2ccc(N3CCCC(C(=O)Nc4ccccc4Oc4ccccc4)C3)nn2)cc1. The van der Waals surface area contributed by atoms with Crippen molar-refractivity contribution in [2.75, 3.05) is 30.4 Å². The van der Waals surface area contributed by atoms with Gasteiger partial charge in [-0.3, -0.25) is 4.79 Å². The summed E-state index contributed by atoms with van der Waals surface area (Å²) in [6.45, 7) is 1.43. The maximum atomic E-state index is 13.2. The van der Waals surface area contributed by atoms with Gasteiger partial charge >= 0.3 is 0 Å². The predicted octanol–water partition coefficient (Wildman–Crippen LogP) is 5.80. The smallest absolute Gasteiger partial charge is 0.229 e. The van der Waals surface area contributed by atoms with Gasteiger partial charge in [-0.05, 0) is 73.5 Å². The third kappa shape index (κ3) is 5.46. The molecule has 1 N–H and O–H groups in total. The van der Waals surface area contributed by atoms with Gasteiger partial charge in [0.25, 0.3) is 0 Å². The highest BCUT2D eigenvalue weighted by Crippen LogP contribution is 2.31. The Kier molecular flexibility index (Phi) is 7.07. The Labute approximate surface area is 210 Å². The van der Waals surface area contributed by atoms with E-state index in [-0.39, 0.29) is 11.8 Å². The van der Waals surface area contributed by atoms with Gasteiger partial charge in [-0.1, -0.05) is 30.3 Å². The van der Waals surface area contributed by atoms with Gasteiger partial charge < -0.3 is 19.7 Å². The van der Waals surface area contributed by atoms with Gasteiger partial charge in [-0.2, -0.15) is 0 Å². The molecule has 1 atom stereocenters. The molecule has 182 valence electrons. The van der Waals surface area contributed by atoms with Crippen molar-refractivity contribution < 1.29 is 14.3 Å². The van der Waals surface area contributed by atoms with Crippen molar-refractivity contribution in [1.29, 1.82) is 0 Å². The number of anilines is 2. The lowest BCUT2D eigenvalue weighted by molar-refractivity contribution is -0.120. The second kappa shape index (κ2) is 10.9. The largest absolute Gasteiger partial charge is 0.497 e. The summed E-state index contributed by atoms with van der Waals surface area (Å²) < 4.78 is 11.2. The molecule has 0 saturated carbocycles. The summed E-state index contributed by atoms with van der Waals surface area (Å²) in [6, 6.07) is 28.7. The Bertz CT molecular complexity index is 1290. The number of hydrogen-bond acceptors (Lipinski definition) is 6. The number of rotatable bonds is 7. The summed E-state index contributed by atoms with van der Waals surface area (Å²) >= 11 is 0. The van der Waals surface area contributed by atoms with Crippen LogP contribution in [0, 0.1) is 5.92 Å². The zero-order chi connectivity index (χ0) is 24.7. The van der Waals surface area contributed by atoms with Crippen LogP contribution >= 0.6 is 0 Å². The highest BCUT2D eigenvalue weighted by Gasteiger charge is 2.27. The number of ether oxygens (including phenoxy) is 2. The van der Waals surface area contributed by atoms with Gasteiger partial charge in [-0.15, -0.1) is 10.2 Å². The molecular formula is C29H28N4O3. The molecule has 1 unspecified atom stereocenters. The molecular weight excluding hydrogens is 452 g/mol. The van der Waals surface area contributed by atoms with Crippen LogP contribution in [0.5, 0.6) is 17.2 Å². The molecule has 3 aromatic carbocycles. The van der Waals surface area contributed by atoms with Crippen LogP contribution in [0.1, 0.15) is 12.8 Å². The molecule has 7 nitrogen and oxygen atoms in total. The molecule has 0 spiro atoms. The number of benzene rings is 3. The molecule has 1 saturated heterocycles. The number of hydrogen-bond donors (Lipinski definition) is 1. The Balaban J connectivity index is 1.24. The van der Waals surface area contributed by atoms with Crippen molar-refractivity contribution in [3.8, 4) is 28.5 Å². The highest BCUT2D eigenvalue weighted by molar-refractivity contribution is 5.94. The quantitative estimate of drug-likeness (QED) is 0.360. The lowest BCUT2D eigenvalue weighted by atomic mass is 9.97.